The molecule has 2 aliphatic heterocycles. The molecule has 0 spiro atoms. The summed E-state index contributed by atoms with van der Waals surface area (Å²) in [6, 6.07) is 29.2. The van der Waals surface area contributed by atoms with Gasteiger partial charge in [-0.1, -0.05) is 30.0 Å². The summed E-state index contributed by atoms with van der Waals surface area (Å²) >= 11 is 1.36. The molecule has 0 radical (unpaired) electrons. The van der Waals surface area contributed by atoms with Crippen LogP contribution >= 0.6 is 11.3 Å². The van der Waals surface area contributed by atoms with Crippen LogP contribution in [0.2, 0.25) is 0 Å². The molecule has 1 unspecified atom stereocenters. The largest absolute Gasteiger partial charge is 0.508 e. The van der Waals surface area contributed by atoms with E-state index in [2.05, 4.69) is 33.0 Å². The molecule has 5 amide bonds. The van der Waals surface area contributed by atoms with Gasteiger partial charge in [0.15, 0.2) is 5.78 Å². The molecule has 5 aromatic carbocycles. The molecule has 8 rings (SSSR count). The lowest BCUT2D eigenvalue weighted by atomic mass is 9.97. The zero-order valence-electron chi connectivity index (χ0n) is 36.3. The number of hydrazone groups is 1. The molecule has 0 aliphatic carbocycles. The average Bonchev–Trinajstić information content (AvgIpc) is 3.89. The Morgan fingerprint density at radius 3 is 2.37 bits per heavy atom. The van der Waals surface area contributed by atoms with Gasteiger partial charge in [0.2, 0.25) is 17.7 Å². The first-order chi connectivity index (χ1) is 33.0. The summed E-state index contributed by atoms with van der Waals surface area (Å²) < 4.78 is 17.4. The highest BCUT2D eigenvalue weighted by molar-refractivity contribution is 7.22. The van der Waals surface area contributed by atoms with E-state index in [1.165, 1.54) is 28.5 Å². The number of nitrogens with one attached hydrogen (secondary N) is 3. The summed E-state index contributed by atoms with van der Waals surface area (Å²) in [7, 11) is 0. The molecule has 0 bridgehead atoms. The molecule has 17 heteroatoms. The molecule has 0 saturated carbocycles. The van der Waals surface area contributed by atoms with E-state index >= 15 is 0 Å². The minimum absolute atomic E-state index is 0.0618. The third kappa shape index (κ3) is 11.1. The Bertz CT molecular complexity index is 2990. The average molecular weight is 934 g/mol. The van der Waals surface area contributed by atoms with Crippen molar-refractivity contribution < 1.29 is 53.2 Å². The number of benzene rings is 5. The number of imide groups is 1. The predicted octanol–water partition coefficient (Wildman–Crippen LogP) is 5.32. The van der Waals surface area contributed by atoms with Crippen molar-refractivity contribution in [1.82, 2.24) is 21.0 Å². The molecule has 5 N–H and O–H groups in total. The smallest absolute Gasteiger partial charge is 0.271 e. The summed E-state index contributed by atoms with van der Waals surface area (Å²) in [6.07, 6.45) is 1.93. The summed E-state index contributed by atoms with van der Waals surface area (Å²) in [5, 5.41) is 29.6. The van der Waals surface area contributed by atoms with Crippen molar-refractivity contribution in [1.29, 1.82) is 0 Å². The second-order valence-electron chi connectivity index (χ2n) is 15.5. The number of ether oxygens (including phenoxy) is 3. The predicted molar refractivity (Wildman–Crippen MR) is 251 cm³/mol. The number of fused-ring (bicyclic) bond motifs is 2. The standard InChI is InChI=1S/C51H43N5O11S/c57-36-14-12-34(13-15-36)48-46(40-19-16-37(58)27-43(40)68-48)47(61)33-8-10-35(11-9-33)49(62)55-53-28-31-6-17-38(18-7-31)67-26-25-65-23-24-66-30-45(60)52-22-2-4-32-3-1-5-39-41(32)29-56(51(39)64)42-20-21-44(59)54-50(42)63/h1,3,5-19,27-28,42,57-58H,20-26,29-30H2,(H,52,60)(H,55,62)(H,54,59,63). The number of nitrogens with zero attached hydrogens (tertiary/aromatic N) is 2. The molecule has 1 saturated heterocycles. The van der Waals surface area contributed by atoms with Gasteiger partial charge in [-0.2, -0.15) is 5.10 Å². The van der Waals surface area contributed by atoms with Crippen molar-refractivity contribution in [2.75, 3.05) is 39.6 Å². The summed E-state index contributed by atoms with van der Waals surface area (Å²) in [5.41, 5.74) is 6.88. The molecular formula is C51H43N5O11S. The Morgan fingerprint density at radius 2 is 1.59 bits per heavy atom. The van der Waals surface area contributed by atoms with Gasteiger partial charge in [0.25, 0.3) is 11.8 Å². The second kappa shape index (κ2) is 21.4. The third-order valence-corrected chi connectivity index (χ3v) is 12.2. The minimum atomic E-state index is -0.716. The Hall–Kier alpha value is -8.17. The van der Waals surface area contributed by atoms with Crippen molar-refractivity contribution in [3.05, 3.63) is 148 Å². The van der Waals surface area contributed by atoms with E-state index < -0.39 is 17.9 Å². The maximum absolute atomic E-state index is 13.9. The molecular weight excluding hydrogens is 891 g/mol. The fourth-order valence-corrected chi connectivity index (χ4v) is 8.80. The number of ketones is 1. The van der Waals surface area contributed by atoms with Gasteiger partial charge in [-0.15, -0.1) is 11.3 Å². The van der Waals surface area contributed by atoms with Crippen LogP contribution in [0.5, 0.6) is 17.2 Å². The number of aromatic hydroxyl groups is 2. The lowest BCUT2D eigenvalue weighted by Crippen LogP contribution is -2.52. The fraction of sp³-hybridized carbons (Fsp3) is 0.196. The minimum Gasteiger partial charge on any atom is -0.508 e. The Balaban J connectivity index is 0.705. The van der Waals surface area contributed by atoms with Crippen molar-refractivity contribution in [3.63, 3.8) is 0 Å². The van der Waals surface area contributed by atoms with Gasteiger partial charge in [-0.3, -0.25) is 34.1 Å². The lowest BCUT2D eigenvalue weighted by molar-refractivity contribution is -0.137. The second-order valence-corrected chi connectivity index (χ2v) is 16.6. The number of carbonyl (C=O) groups excluding carboxylic acids is 6. The molecule has 68 heavy (non-hydrogen) atoms. The van der Waals surface area contributed by atoms with Crippen LogP contribution in [0.25, 0.3) is 20.5 Å². The quantitative estimate of drug-likeness (QED) is 0.0197. The molecule has 3 heterocycles. The van der Waals surface area contributed by atoms with Crippen molar-refractivity contribution in [2.45, 2.75) is 25.4 Å². The van der Waals surface area contributed by atoms with Crippen LogP contribution in [-0.4, -0.2) is 102 Å². The molecule has 6 aromatic rings. The zero-order valence-corrected chi connectivity index (χ0v) is 37.1. The topological polar surface area (TPSA) is 222 Å². The normalized spacial score (nSPS) is 14.3. The Labute approximate surface area is 393 Å². The number of rotatable bonds is 17. The molecule has 16 nitrogen and oxygen atoms in total. The highest BCUT2D eigenvalue weighted by atomic mass is 32.1. The van der Waals surface area contributed by atoms with Gasteiger partial charge in [-0.05, 0) is 114 Å². The van der Waals surface area contributed by atoms with Gasteiger partial charge in [-0.25, -0.2) is 5.43 Å². The van der Waals surface area contributed by atoms with Crippen LogP contribution in [0, 0.1) is 11.8 Å². The van der Waals surface area contributed by atoms with Crippen molar-refractivity contribution in [2.24, 2.45) is 5.10 Å². The van der Waals surface area contributed by atoms with E-state index in [-0.39, 0.29) is 94.0 Å². The number of phenolic OH excluding ortho intramolecular Hbond substituents is 2. The van der Waals surface area contributed by atoms with E-state index in [9.17, 15) is 39.0 Å². The summed E-state index contributed by atoms with van der Waals surface area (Å²) in [6.45, 7) is 1.08. The number of hydrogen-bond donors (Lipinski definition) is 5. The van der Waals surface area contributed by atoms with Gasteiger partial charge in [0.1, 0.15) is 36.5 Å². The molecule has 1 aromatic heterocycles. The number of amides is 5. The first-order valence-electron chi connectivity index (χ1n) is 21.5. The fourth-order valence-electron chi connectivity index (χ4n) is 7.56. The van der Waals surface area contributed by atoms with Crippen LogP contribution in [0.15, 0.2) is 114 Å². The third-order valence-electron chi connectivity index (χ3n) is 11.0. The maximum Gasteiger partial charge on any atom is 0.271 e. The van der Waals surface area contributed by atoms with Gasteiger partial charge in [0.05, 0.1) is 32.6 Å². The van der Waals surface area contributed by atoms with Crippen molar-refractivity contribution in [3.8, 4) is 39.5 Å². The first kappa shape index (κ1) is 46.4. The molecule has 2 aliphatic rings. The van der Waals surface area contributed by atoms with Gasteiger partial charge < -0.3 is 34.6 Å². The molecule has 344 valence electrons. The highest BCUT2D eigenvalue weighted by Crippen LogP contribution is 2.41. The maximum atomic E-state index is 13.9. The highest BCUT2D eigenvalue weighted by Gasteiger charge is 2.39. The zero-order chi connectivity index (χ0) is 47.6. The number of piperidine rings is 1. The van der Waals surface area contributed by atoms with Crippen LogP contribution in [0.1, 0.15) is 66.2 Å². The monoisotopic (exact) mass is 933 g/mol. The Morgan fingerprint density at radius 1 is 0.853 bits per heavy atom. The van der Waals surface area contributed by atoms with Crippen LogP contribution < -0.4 is 20.8 Å². The number of hydrogen-bond acceptors (Lipinski definition) is 13. The van der Waals surface area contributed by atoms with Crippen LogP contribution in [0.4, 0.5) is 0 Å². The van der Waals surface area contributed by atoms with Gasteiger partial charge >= 0.3 is 0 Å². The van der Waals surface area contributed by atoms with E-state index in [0.717, 1.165) is 10.3 Å². The number of carbonyl (C=O) groups is 6. The Kier molecular flexibility index (Phi) is 14.6. The first-order valence-corrected chi connectivity index (χ1v) is 22.3. The summed E-state index contributed by atoms with van der Waals surface area (Å²) in [5.74, 6) is 4.51. The van der Waals surface area contributed by atoms with Crippen LogP contribution in [-0.2, 0) is 30.4 Å². The van der Waals surface area contributed by atoms with E-state index in [1.54, 1.807) is 103 Å². The van der Waals surface area contributed by atoms with Crippen molar-refractivity contribution >= 4 is 63.0 Å². The lowest BCUT2D eigenvalue weighted by Gasteiger charge is -2.29. The summed E-state index contributed by atoms with van der Waals surface area (Å²) in [4.78, 5) is 78.1. The number of thiophene rings is 1. The molecule has 1 fully saturated rings. The van der Waals surface area contributed by atoms with E-state index in [1.807, 2.05) is 0 Å². The van der Waals surface area contributed by atoms with Gasteiger partial charge in [0, 0.05) is 55.7 Å². The SMILES string of the molecule is O=C(COCCOCCOc1ccc(C=NNC(=O)c2ccc(C(=O)c3c(-c4ccc(O)cc4)sc4cc(O)ccc34)cc2)cc1)NCC#Cc1cccc2c1CN(C1CCC(=O)NC1=O)C2=O. The van der Waals surface area contributed by atoms with E-state index in [4.69, 9.17) is 14.2 Å². The number of phenols is 2. The van der Waals surface area contributed by atoms with Crippen LogP contribution in [0.3, 0.4) is 0 Å². The molecule has 1 atom stereocenters. The van der Waals surface area contributed by atoms with E-state index in [0.29, 0.717) is 55.0 Å².